The van der Waals surface area contributed by atoms with E-state index in [9.17, 15) is 9.59 Å². The number of allylic oxidation sites excluding steroid dienone is 3. The molecule has 0 N–H and O–H groups in total. The highest BCUT2D eigenvalue weighted by molar-refractivity contribution is 6.06. The highest BCUT2D eigenvalue weighted by Crippen LogP contribution is 2.52. The summed E-state index contributed by atoms with van der Waals surface area (Å²) in [5.74, 6) is -0.194. The molecule has 0 radical (unpaired) electrons. The Balaban J connectivity index is 1.48. The fourth-order valence-electron chi connectivity index (χ4n) is 3.82. The third-order valence-electron chi connectivity index (χ3n) is 4.80. The summed E-state index contributed by atoms with van der Waals surface area (Å²) < 4.78 is 0. The van der Waals surface area contributed by atoms with Crippen molar-refractivity contribution in [3.63, 3.8) is 0 Å². The molecule has 1 aromatic carbocycles. The van der Waals surface area contributed by atoms with Crippen molar-refractivity contribution in [3.05, 3.63) is 54.1 Å². The Morgan fingerprint density at radius 1 is 1.00 bits per heavy atom. The van der Waals surface area contributed by atoms with E-state index in [1.165, 1.54) is 6.21 Å². The number of hydrogen-bond donors (Lipinski definition) is 0. The number of carbonyl (C=O) groups is 2. The Morgan fingerprint density at radius 2 is 1.64 bits per heavy atom. The van der Waals surface area contributed by atoms with Gasteiger partial charge >= 0.3 is 0 Å². The summed E-state index contributed by atoms with van der Waals surface area (Å²) in [4.78, 5) is 24.8. The molecule has 4 atom stereocenters. The van der Waals surface area contributed by atoms with Crippen LogP contribution in [0, 0.1) is 23.7 Å². The van der Waals surface area contributed by atoms with Crippen molar-refractivity contribution in [2.75, 3.05) is 0 Å². The molecule has 4 rings (SSSR count). The molecule has 1 saturated carbocycles. The van der Waals surface area contributed by atoms with E-state index >= 15 is 0 Å². The summed E-state index contributed by atoms with van der Waals surface area (Å²) >= 11 is 0. The molecule has 1 aromatic rings. The maximum absolute atomic E-state index is 12.4. The van der Waals surface area contributed by atoms with Gasteiger partial charge in [0.15, 0.2) is 0 Å². The average molecular weight is 292 g/mol. The van der Waals surface area contributed by atoms with E-state index in [0.717, 1.165) is 17.0 Å². The minimum atomic E-state index is -0.183. The van der Waals surface area contributed by atoms with Crippen molar-refractivity contribution < 1.29 is 9.59 Å². The fourth-order valence-corrected chi connectivity index (χ4v) is 3.82. The summed E-state index contributed by atoms with van der Waals surface area (Å²) in [5, 5.41) is 5.14. The predicted octanol–water partition coefficient (Wildman–Crippen LogP) is 2.49. The normalized spacial score (nSPS) is 32.8. The van der Waals surface area contributed by atoms with Crippen LogP contribution in [0.5, 0.6) is 0 Å². The Hall–Kier alpha value is -2.49. The van der Waals surface area contributed by atoms with Crippen LogP contribution in [0.15, 0.2) is 53.7 Å². The molecule has 22 heavy (non-hydrogen) atoms. The first-order valence-corrected chi connectivity index (χ1v) is 7.57. The van der Waals surface area contributed by atoms with Gasteiger partial charge in [-0.05, 0) is 29.9 Å². The predicted molar refractivity (Wildman–Crippen MR) is 83.5 cm³/mol. The van der Waals surface area contributed by atoms with Crippen molar-refractivity contribution in [1.29, 1.82) is 0 Å². The Morgan fingerprint density at radius 3 is 2.27 bits per heavy atom. The highest BCUT2D eigenvalue weighted by atomic mass is 16.2. The van der Waals surface area contributed by atoms with E-state index in [1.54, 1.807) is 6.08 Å². The molecule has 1 aliphatic heterocycles. The number of hydrogen-bond acceptors (Lipinski definition) is 3. The number of carbonyl (C=O) groups excluding carboxylic acids is 2. The van der Waals surface area contributed by atoms with Gasteiger partial charge in [-0.15, -0.1) is 0 Å². The number of benzene rings is 1. The first-order valence-electron chi connectivity index (χ1n) is 7.57. The average Bonchev–Trinajstić information content (AvgIpc) is 3.21. The van der Waals surface area contributed by atoms with Crippen LogP contribution in [0.3, 0.4) is 0 Å². The topological polar surface area (TPSA) is 49.7 Å². The number of imide groups is 1. The molecular weight excluding hydrogens is 276 g/mol. The Bertz CT molecular complexity index is 675. The standard InChI is InChI=1S/C18H16N2O2/c21-17-15-13-8-9-14(11-13)16(15)18(22)20(17)19-10-4-7-12-5-2-1-3-6-12/h1-10,13-16H,11H2. The summed E-state index contributed by atoms with van der Waals surface area (Å²) in [5.41, 5.74) is 1.05. The lowest BCUT2D eigenvalue weighted by Gasteiger charge is -2.13. The van der Waals surface area contributed by atoms with Gasteiger partial charge in [0, 0.05) is 6.21 Å². The number of hydrazone groups is 1. The van der Waals surface area contributed by atoms with E-state index in [1.807, 2.05) is 36.4 Å². The van der Waals surface area contributed by atoms with Crippen molar-refractivity contribution >= 4 is 24.1 Å². The smallest absolute Gasteiger partial charge is 0.254 e. The van der Waals surface area contributed by atoms with Gasteiger partial charge in [0.25, 0.3) is 11.8 Å². The second kappa shape index (κ2) is 5.05. The van der Waals surface area contributed by atoms with Gasteiger partial charge in [0.05, 0.1) is 11.8 Å². The quantitative estimate of drug-likeness (QED) is 0.488. The Kier molecular flexibility index (Phi) is 3.03. The molecule has 1 heterocycles. The zero-order valence-corrected chi connectivity index (χ0v) is 12.0. The zero-order chi connectivity index (χ0) is 15.1. The van der Waals surface area contributed by atoms with Crippen molar-refractivity contribution in [2.45, 2.75) is 6.42 Å². The Labute approximate surface area is 128 Å². The van der Waals surface area contributed by atoms with Crippen LogP contribution in [-0.4, -0.2) is 23.0 Å². The lowest BCUT2D eigenvalue weighted by molar-refractivity contribution is -0.140. The third-order valence-corrected chi connectivity index (χ3v) is 4.80. The molecule has 4 nitrogen and oxygen atoms in total. The molecule has 4 unspecified atom stereocenters. The third kappa shape index (κ3) is 1.95. The number of rotatable bonds is 3. The fraction of sp³-hybridized carbons (Fsp3) is 0.278. The molecule has 3 aliphatic rings. The molecule has 0 spiro atoms. The second-order valence-corrected chi connectivity index (χ2v) is 6.02. The number of fused-ring (bicyclic) bond motifs is 5. The maximum atomic E-state index is 12.4. The molecule has 110 valence electrons. The monoisotopic (exact) mass is 292 g/mol. The molecule has 2 amide bonds. The SMILES string of the molecule is O=C1C2C3C=CC(C3)C2C(=O)N1N=CC=Cc1ccccc1. The molecule has 2 bridgehead atoms. The molecule has 4 heteroatoms. The molecule has 2 fully saturated rings. The van der Waals surface area contributed by atoms with Gasteiger partial charge in [-0.25, -0.2) is 0 Å². The van der Waals surface area contributed by atoms with Gasteiger partial charge in [0.1, 0.15) is 0 Å². The lowest BCUT2D eigenvalue weighted by atomic mass is 9.85. The van der Waals surface area contributed by atoms with Crippen molar-refractivity contribution in [3.8, 4) is 0 Å². The van der Waals surface area contributed by atoms with Gasteiger partial charge < -0.3 is 0 Å². The highest BCUT2D eigenvalue weighted by Gasteiger charge is 2.59. The maximum Gasteiger partial charge on any atom is 0.254 e. The van der Waals surface area contributed by atoms with E-state index in [0.29, 0.717) is 0 Å². The van der Waals surface area contributed by atoms with Gasteiger partial charge in [-0.2, -0.15) is 10.1 Å². The van der Waals surface area contributed by atoms with Gasteiger partial charge in [-0.1, -0.05) is 48.6 Å². The van der Waals surface area contributed by atoms with E-state index < -0.39 is 0 Å². The van der Waals surface area contributed by atoms with Crippen LogP contribution < -0.4 is 0 Å². The van der Waals surface area contributed by atoms with Crippen LogP contribution in [-0.2, 0) is 9.59 Å². The molecular formula is C18H16N2O2. The van der Waals surface area contributed by atoms with E-state index in [4.69, 9.17) is 0 Å². The molecule has 2 aliphatic carbocycles. The molecule has 1 saturated heterocycles. The van der Waals surface area contributed by atoms with Crippen molar-refractivity contribution in [1.82, 2.24) is 5.01 Å². The number of nitrogens with zero attached hydrogens (tertiary/aromatic N) is 2. The van der Waals surface area contributed by atoms with E-state index in [-0.39, 0.29) is 35.5 Å². The summed E-state index contributed by atoms with van der Waals surface area (Å²) in [7, 11) is 0. The summed E-state index contributed by atoms with van der Waals surface area (Å²) in [6.45, 7) is 0. The minimum Gasteiger partial charge on any atom is -0.272 e. The molecule has 0 aromatic heterocycles. The zero-order valence-electron chi connectivity index (χ0n) is 12.0. The van der Waals surface area contributed by atoms with Crippen molar-refractivity contribution in [2.24, 2.45) is 28.8 Å². The van der Waals surface area contributed by atoms with Crippen LogP contribution in [0.25, 0.3) is 6.08 Å². The summed E-state index contributed by atoms with van der Waals surface area (Å²) in [6, 6.07) is 9.81. The largest absolute Gasteiger partial charge is 0.272 e. The second-order valence-electron chi connectivity index (χ2n) is 6.02. The van der Waals surface area contributed by atoms with Crippen LogP contribution in [0.2, 0.25) is 0 Å². The first-order chi connectivity index (χ1) is 10.8. The first kappa shape index (κ1) is 13.2. The summed E-state index contributed by atoms with van der Waals surface area (Å²) in [6.07, 6.45) is 10.3. The lowest BCUT2D eigenvalue weighted by Crippen LogP contribution is -2.27. The van der Waals surface area contributed by atoms with Gasteiger partial charge in [-0.3, -0.25) is 9.59 Å². The van der Waals surface area contributed by atoms with Gasteiger partial charge in [0.2, 0.25) is 0 Å². The minimum absolute atomic E-state index is 0.142. The van der Waals surface area contributed by atoms with Crippen LogP contribution in [0.1, 0.15) is 12.0 Å². The van der Waals surface area contributed by atoms with Crippen LogP contribution >= 0.6 is 0 Å². The van der Waals surface area contributed by atoms with Crippen LogP contribution in [0.4, 0.5) is 0 Å². The number of amides is 2. The van der Waals surface area contributed by atoms with E-state index in [2.05, 4.69) is 17.3 Å².